The SMILES string of the molecule is Cc1ccc(-c2cccc(C(=O)N3CCO[C@@H](CCN)C3)c2)c(N)n1. The lowest BCUT2D eigenvalue weighted by Gasteiger charge is -2.33. The highest BCUT2D eigenvalue weighted by molar-refractivity contribution is 5.96. The molecule has 0 radical (unpaired) electrons. The first-order chi connectivity index (χ1) is 12.1. The monoisotopic (exact) mass is 340 g/mol. The smallest absolute Gasteiger partial charge is 0.254 e. The molecular weight excluding hydrogens is 316 g/mol. The van der Waals surface area contributed by atoms with Gasteiger partial charge in [-0.05, 0) is 49.7 Å². The van der Waals surface area contributed by atoms with E-state index in [0.29, 0.717) is 37.6 Å². The predicted molar refractivity (Wildman–Crippen MR) is 98.1 cm³/mol. The largest absolute Gasteiger partial charge is 0.383 e. The van der Waals surface area contributed by atoms with Gasteiger partial charge in [-0.15, -0.1) is 0 Å². The minimum Gasteiger partial charge on any atom is -0.383 e. The first-order valence-electron chi connectivity index (χ1n) is 8.53. The summed E-state index contributed by atoms with van der Waals surface area (Å²) in [7, 11) is 0. The zero-order valence-electron chi connectivity index (χ0n) is 14.4. The molecular formula is C19H24N4O2. The van der Waals surface area contributed by atoms with E-state index in [1.165, 1.54) is 0 Å². The summed E-state index contributed by atoms with van der Waals surface area (Å²) in [6.45, 7) is 4.18. The molecule has 0 spiro atoms. The first kappa shape index (κ1) is 17.4. The average molecular weight is 340 g/mol. The zero-order chi connectivity index (χ0) is 17.8. The van der Waals surface area contributed by atoms with Crippen LogP contribution in [0.2, 0.25) is 0 Å². The minimum absolute atomic E-state index is 0.00538. The van der Waals surface area contributed by atoms with Gasteiger partial charge in [0.25, 0.3) is 5.91 Å². The summed E-state index contributed by atoms with van der Waals surface area (Å²) in [5.74, 6) is 0.477. The van der Waals surface area contributed by atoms with Gasteiger partial charge in [0.15, 0.2) is 0 Å². The number of nitrogens with two attached hydrogens (primary N) is 2. The van der Waals surface area contributed by atoms with Crippen LogP contribution in [0.3, 0.4) is 0 Å². The van der Waals surface area contributed by atoms with Gasteiger partial charge >= 0.3 is 0 Å². The molecule has 1 atom stereocenters. The van der Waals surface area contributed by atoms with E-state index in [1.54, 1.807) is 0 Å². The molecule has 1 aliphatic heterocycles. The number of carbonyl (C=O) groups is 1. The summed E-state index contributed by atoms with van der Waals surface area (Å²) in [5.41, 5.74) is 14.9. The molecule has 0 bridgehead atoms. The molecule has 0 saturated carbocycles. The van der Waals surface area contributed by atoms with Gasteiger partial charge in [0.05, 0.1) is 12.7 Å². The molecule has 2 aromatic rings. The molecule has 2 heterocycles. The van der Waals surface area contributed by atoms with E-state index >= 15 is 0 Å². The second-order valence-corrected chi connectivity index (χ2v) is 6.29. The number of nitrogens with zero attached hydrogens (tertiary/aromatic N) is 2. The minimum atomic E-state index is 0.00538. The maximum atomic E-state index is 12.9. The first-order valence-corrected chi connectivity index (χ1v) is 8.53. The van der Waals surface area contributed by atoms with Crippen LogP contribution < -0.4 is 11.5 Å². The van der Waals surface area contributed by atoms with E-state index in [-0.39, 0.29) is 12.0 Å². The van der Waals surface area contributed by atoms with Crippen molar-refractivity contribution in [1.82, 2.24) is 9.88 Å². The Morgan fingerprint density at radius 1 is 1.36 bits per heavy atom. The molecule has 6 nitrogen and oxygen atoms in total. The number of aryl methyl sites for hydroxylation is 1. The Kier molecular flexibility index (Phi) is 5.31. The predicted octanol–water partition coefficient (Wildman–Crippen LogP) is 1.83. The third-order valence-electron chi connectivity index (χ3n) is 4.40. The van der Waals surface area contributed by atoms with Crippen molar-refractivity contribution in [2.45, 2.75) is 19.4 Å². The van der Waals surface area contributed by atoms with Crippen LogP contribution in [0, 0.1) is 6.92 Å². The van der Waals surface area contributed by atoms with Crippen molar-refractivity contribution in [2.24, 2.45) is 5.73 Å². The van der Waals surface area contributed by atoms with Crippen molar-refractivity contribution in [2.75, 3.05) is 32.0 Å². The molecule has 1 aliphatic rings. The topological polar surface area (TPSA) is 94.5 Å². The van der Waals surface area contributed by atoms with Crippen LogP contribution in [-0.2, 0) is 4.74 Å². The summed E-state index contributed by atoms with van der Waals surface area (Å²) in [6.07, 6.45) is 0.776. The van der Waals surface area contributed by atoms with E-state index in [0.717, 1.165) is 23.2 Å². The third-order valence-corrected chi connectivity index (χ3v) is 4.40. The van der Waals surface area contributed by atoms with Crippen LogP contribution in [0.25, 0.3) is 11.1 Å². The summed E-state index contributed by atoms with van der Waals surface area (Å²) >= 11 is 0. The van der Waals surface area contributed by atoms with E-state index < -0.39 is 0 Å². The van der Waals surface area contributed by atoms with Gasteiger partial charge in [-0.2, -0.15) is 0 Å². The number of ether oxygens (including phenoxy) is 1. The lowest BCUT2D eigenvalue weighted by atomic mass is 10.0. The fourth-order valence-electron chi connectivity index (χ4n) is 3.09. The van der Waals surface area contributed by atoms with Crippen LogP contribution >= 0.6 is 0 Å². The molecule has 25 heavy (non-hydrogen) atoms. The van der Waals surface area contributed by atoms with Crippen molar-refractivity contribution >= 4 is 11.7 Å². The molecule has 1 fully saturated rings. The van der Waals surface area contributed by atoms with Crippen molar-refractivity contribution in [3.63, 3.8) is 0 Å². The van der Waals surface area contributed by atoms with Crippen LogP contribution in [0.4, 0.5) is 5.82 Å². The van der Waals surface area contributed by atoms with Crippen LogP contribution in [0.15, 0.2) is 36.4 Å². The van der Waals surface area contributed by atoms with Gasteiger partial charge in [-0.25, -0.2) is 4.98 Å². The Morgan fingerprint density at radius 2 is 2.20 bits per heavy atom. The van der Waals surface area contributed by atoms with Crippen LogP contribution in [0.5, 0.6) is 0 Å². The molecule has 3 rings (SSSR count). The number of nitrogen functional groups attached to an aromatic ring is 1. The number of aromatic nitrogens is 1. The molecule has 1 saturated heterocycles. The maximum Gasteiger partial charge on any atom is 0.254 e. The lowest BCUT2D eigenvalue weighted by Crippen LogP contribution is -2.46. The van der Waals surface area contributed by atoms with Crippen molar-refractivity contribution < 1.29 is 9.53 Å². The van der Waals surface area contributed by atoms with E-state index in [2.05, 4.69) is 4.98 Å². The Hall–Kier alpha value is -2.44. The number of hydrogen-bond donors (Lipinski definition) is 2. The quantitative estimate of drug-likeness (QED) is 0.885. The summed E-state index contributed by atoms with van der Waals surface area (Å²) in [6, 6.07) is 11.4. The molecule has 4 N–H and O–H groups in total. The van der Waals surface area contributed by atoms with Gasteiger partial charge in [-0.1, -0.05) is 12.1 Å². The number of anilines is 1. The van der Waals surface area contributed by atoms with E-state index in [1.807, 2.05) is 48.2 Å². The fourth-order valence-corrected chi connectivity index (χ4v) is 3.09. The van der Waals surface area contributed by atoms with E-state index in [4.69, 9.17) is 16.2 Å². The highest BCUT2D eigenvalue weighted by Gasteiger charge is 2.24. The number of hydrogen-bond acceptors (Lipinski definition) is 5. The third kappa shape index (κ3) is 3.97. The van der Waals surface area contributed by atoms with Gasteiger partial charge in [0.2, 0.25) is 0 Å². The van der Waals surface area contributed by atoms with Gasteiger partial charge in [0, 0.05) is 29.9 Å². The number of carbonyl (C=O) groups excluding carboxylic acids is 1. The Balaban J connectivity index is 1.82. The number of pyridine rings is 1. The van der Waals surface area contributed by atoms with Crippen molar-refractivity contribution in [3.8, 4) is 11.1 Å². The number of rotatable bonds is 4. The lowest BCUT2D eigenvalue weighted by molar-refractivity contribution is -0.0236. The maximum absolute atomic E-state index is 12.9. The highest BCUT2D eigenvalue weighted by atomic mass is 16.5. The fraction of sp³-hybridized carbons (Fsp3) is 0.368. The van der Waals surface area contributed by atoms with Gasteiger partial charge in [-0.3, -0.25) is 4.79 Å². The zero-order valence-corrected chi connectivity index (χ0v) is 14.4. The Morgan fingerprint density at radius 3 is 2.96 bits per heavy atom. The molecule has 1 aromatic carbocycles. The second-order valence-electron chi connectivity index (χ2n) is 6.29. The van der Waals surface area contributed by atoms with E-state index in [9.17, 15) is 4.79 Å². The summed E-state index contributed by atoms with van der Waals surface area (Å²) < 4.78 is 5.66. The van der Waals surface area contributed by atoms with Gasteiger partial charge in [0.1, 0.15) is 5.82 Å². The molecule has 0 aliphatic carbocycles. The molecule has 132 valence electrons. The molecule has 1 amide bonds. The standard InChI is InChI=1S/C19H24N4O2/c1-13-5-6-17(18(21)22-13)14-3-2-4-15(11-14)19(24)23-9-10-25-16(12-23)7-8-20/h2-6,11,16H,7-10,12,20H2,1H3,(H2,21,22)/t16-/m0/s1. The summed E-state index contributed by atoms with van der Waals surface area (Å²) in [5, 5.41) is 0. The normalized spacial score (nSPS) is 17.5. The molecule has 1 aromatic heterocycles. The number of benzene rings is 1. The Bertz CT molecular complexity index is 761. The number of morpholine rings is 1. The van der Waals surface area contributed by atoms with Crippen molar-refractivity contribution in [3.05, 3.63) is 47.7 Å². The van der Waals surface area contributed by atoms with Crippen LogP contribution in [0.1, 0.15) is 22.5 Å². The number of amides is 1. The summed E-state index contributed by atoms with van der Waals surface area (Å²) in [4.78, 5) is 19.0. The van der Waals surface area contributed by atoms with Gasteiger partial charge < -0.3 is 21.1 Å². The Labute approximate surface area is 147 Å². The van der Waals surface area contributed by atoms with Crippen molar-refractivity contribution in [1.29, 1.82) is 0 Å². The average Bonchev–Trinajstić information content (AvgIpc) is 2.62. The van der Waals surface area contributed by atoms with Crippen LogP contribution in [-0.4, -0.2) is 48.1 Å². The molecule has 6 heteroatoms. The second kappa shape index (κ2) is 7.63. The molecule has 0 unspecified atom stereocenters. The highest BCUT2D eigenvalue weighted by Crippen LogP contribution is 2.26.